The molecule has 1 rings (SSSR count). The van der Waals surface area contributed by atoms with E-state index >= 15 is 0 Å². The molecule has 0 radical (unpaired) electrons. The number of thioether (sulfide) groups is 1. The van der Waals surface area contributed by atoms with Crippen LogP contribution in [0.5, 0.6) is 0 Å². The number of halogens is 1. The number of anilines is 1. The van der Waals surface area contributed by atoms with Crippen LogP contribution < -0.4 is 11.1 Å². The zero-order valence-electron chi connectivity index (χ0n) is 12.0. The lowest BCUT2D eigenvalue weighted by atomic mass is 10.2. The van der Waals surface area contributed by atoms with E-state index < -0.39 is 0 Å². The largest absolute Gasteiger partial charge is 0.380 e. The lowest BCUT2D eigenvalue weighted by molar-refractivity contribution is -0.118. The Morgan fingerprint density at radius 2 is 2.20 bits per heavy atom. The molecule has 20 heavy (non-hydrogen) atoms. The van der Waals surface area contributed by atoms with Crippen LogP contribution in [0.2, 0.25) is 5.02 Å². The number of nitrogens with one attached hydrogen (secondary N) is 1. The number of ether oxygens (including phenoxy) is 1. The molecule has 112 valence electrons. The fourth-order valence-electron chi connectivity index (χ4n) is 1.63. The first-order valence-corrected chi connectivity index (χ1v) is 7.71. The van der Waals surface area contributed by atoms with Gasteiger partial charge in [0, 0.05) is 28.8 Å². The Morgan fingerprint density at radius 1 is 1.50 bits per heavy atom. The van der Waals surface area contributed by atoms with Crippen molar-refractivity contribution in [2.45, 2.75) is 36.5 Å². The minimum Gasteiger partial charge on any atom is -0.380 e. The number of methoxy groups -OCH3 is 1. The molecule has 1 aromatic rings. The molecule has 1 aromatic carbocycles. The van der Waals surface area contributed by atoms with Gasteiger partial charge in [0.25, 0.3) is 0 Å². The number of nitrogens with two attached hydrogens (primary N) is 1. The summed E-state index contributed by atoms with van der Waals surface area (Å²) in [6, 6.07) is 5.49. The lowest BCUT2D eigenvalue weighted by Gasteiger charge is -2.15. The summed E-state index contributed by atoms with van der Waals surface area (Å²) in [6.45, 7) is 4.51. The highest BCUT2D eigenvalue weighted by Gasteiger charge is 2.14. The van der Waals surface area contributed by atoms with E-state index in [-0.39, 0.29) is 18.4 Å². The Balaban J connectivity index is 2.79. The molecule has 0 aliphatic heterocycles. The van der Waals surface area contributed by atoms with Gasteiger partial charge in [-0.25, -0.2) is 0 Å². The SMILES string of the molecule is COC(CN)CC(=O)Nc1cc(Cl)ccc1SC(C)C. The summed E-state index contributed by atoms with van der Waals surface area (Å²) in [6.07, 6.45) is -0.0407. The van der Waals surface area contributed by atoms with Crippen LogP contribution in [-0.4, -0.2) is 30.9 Å². The van der Waals surface area contributed by atoms with Gasteiger partial charge in [0.2, 0.25) is 5.91 Å². The summed E-state index contributed by atoms with van der Waals surface area (Å²) >= 11 is 7.67. The van der Waals surface area contributed by atoms with Crippen molar-refractivity contribution in [2.24, 2.45) is 5.73 Å². The fraction of sp³-hybridized carbons (Fsp3) is 0.500. The van der Waals surface area contributed by atoms with Crippen LogP contribution in [0.4, 0.5) is 5.69 Å². The minimum absolute atomic E-state index is 0.129. The summed E-state index contributed by atoms with van der Waals surface area (Å²) in [5.41, 5.74) is 6.24. The highest BCUT2D eigenvalue weighted by Crippen LogP contribution is 2.32. The molecular weight excluding hydrogens is 296 g/mol. The third-order valence-electron chi connectivity index (χ3n) is 2.59. The van der Waals surface area contributed by atoms with Crippen molar-refractivity contribution in [3.05, 3.63) is 23.2 Å². The van der Waals surface area contributed by atoms with Crippen molar-refractivity contribution >= 4 is 35.0 Å². The van der Waals surface area contributed by atoms with E-state index in [2.05, 4.69) is 19.2 Å². The van der Waals surface area contributed by atoms with Crippen LogP contribution in [-0.2, 0) is 9.53 Å². The van der Waals surface area contributed by atoms with Gasteiger partial charge >= 0.3 is 0 Å². The molecule has 6 heteroatoms. The maximum atomic E-state index is 12.0. The van der Waals surface area contributed by atoms with Crippen LogP contribution in [0, 0.1) is 0 Å². The van der Waals surface area contributed by atoms with Gasteiger partial charge in [-0.3, -0.25) is 4.79 Å². The molecule has 1 amide bonds. The Hall–Kier alpha value is -0.750. The fourth-order valence-corrected chi connectivity index (χ4v) is 2.69. The first-order chi connectivity index (χ1) is 9.46. The van der Waals surface area contributed by atoms with Crippen LogP contribution in [0.25, 0.3) is 0 Å². The molecule has 0 aliphatic rings. The third kappa shape index (κ3) is 5.71. The summed E-state index contributed by atoms with van der Waals surface area (Å²) in [5.74, 6) is -0.129. The molecule has 0 heterocycles. The number of hydrogen-bond donors (Lipinski definition) is 2. The van der Waals surface area contributed by atoms with Crippen molar-refractivity contribution < 1.29 is 9.53 Å². The van der Waals surface area contributed by atoms with Crippen molar-refractivity contribution in [3.8, 4) is 0 Å². The van der Waals surface area contributed by atoms with E-state index in [1.54, 1.807) is 24.9 Å². The van der Waals surface area contributed by atoms with E-state index in [0.717, 1.165) is 10.6 Å². The van der Waals surface area contributed by atoms with E-state index in [9.17, 15) is 4.79 Å². The van der Waals surface area contributed by atoms with Gasteiger partial charge in [-0.2, -0.15) is 0 Å². The standard InChI is InChI=1S/C14H21ClN2O2S/c1-9(2)20-13-5-4-10(15)6-12(13)17-14(18)7-11(8-16)19-3/h4-6,9,11H,7-8,16H2,1-3H3,(H,17,18). The van der Waals surface area contributed by atoms with E-state index in [1.807, 2.05) is 12.1 Å². The minimum atomic E-state index is -0.268. The molecule has 4 nitrogen and oxygen atoms in total. The zero-order chi connectivity index (χ0) is 15.1. The first kappa shape index (κ1) is 17.3. The number of hydrogen-bond acceptors (Lipinski definition) is 4. The normalized spacial score (nSPS) is 12.5. The Kier molecular flexibility index (Phi) is 7.37. The van der Waals surface area contributed by atoms with Gasteiger partial charge in [-0.05, 0) is 18.2 Å². The van der Waals surface area contributed by atoms with E-state index in [0.29, 0.717) is 16.8 Å². The smallest absolute Gasteiger partial charge is 0.227 e. The van der Waals surface area contributed by atoms with Gasteiger partial charge < -0.3 is 15.8 Å². The summed E-state index contributed by atoms with van der Waals surface area (Å²) in [7, 11) is 1.55. The summed E-state index contributed by atoms with van der Waals surface area (Å²) in [5, 5.41) is 3.89. The lowest BCUT2D eigenvalue weighted by Crippen LogP contribution is -2.28. The number of rotatable bonds is 7. The van der Waals surface area contributed by atoms with Gasteiger partial charge in [0.05, 0.1) is 18.2 Å². The predicted molar refractivity (Wildman–Crippen MR) is 85.5 cm³/mol. The average molecular weight is 317 g/mol. The molecule has 0 aromatic heterocycles. The summed E-state index contributed by atoms with van der Waals surface area (Å²) < 4.78 is 5.11. The number of benzene rings is 1. The summed E-state index contributed by atoms with van der Waals surface area (Å²) in [4.78, 5) is 13.0. The van der Waals surface area contributed by atoms with Gasteiger partial charge in [-0.15, -0.1) is 11.8 Å². The second kappa shape index (κ2) is 8.52. The van der Waals surface area contributed by atoms with Crippen LogP contribution >= 0.6 is 23.4 Å². The molecule has 0 saturated carbocycles. The maximum Gasteiger partial charge on any atom is 0.227 e. The molecule has 0 bridgehead atoms. The molecule has 3 N–H and O–H groups in total. The Morgan fingerprint density at radius 3 is 2.75 bits per heavy atom. The average Bonchev–Trinajstić information content (AvgIpc) is 2.38. The highest BCUT2D eigenvalue weighted by molar-refractivity contribution is 8.00. The Bertz CT molecular complexity index is 451. The predicted octanol–water partition coefficient (Wildman–Crippen LogP) is 3.14. The molecule has 0 saturated heterocycles. The maximum absolute atomic E-state index is 12.0. The molecule has 0 fully saturated rings. The number of carbonyl (C=O) groups is 1. The van der Waals surface area contributed by atoms with Crippen LogP contribution in [0.15, 0.2) is 23.1 Å². The van der Waals surface area contributed by atoms with Gasteiger partial charge in [0.1, 0.15) is 0 Å². The molecule has 1 unspecified atom stereocenters. The zero-order valence-corrected chi connectivity index (χ0v) is 13.6. The first-order valence-electron chi connectivity index (χ1n) is 6.45. The van der Waals surface area contributed by atoms with Crippen molar-refractivity contribution in [1.29, 1.82) is 0 Å². The molecule has 1 atom stereocenters. The molecular formula is C14H21ClN2O2S. The van der Waals surface area contributed by atoms with Crippen molar-refractivity contribution in [3.63, 3.8) is 0 Å². The van der Waals surface area contributed by atoms with Crippen molar-refractivity contribution in [1.82, 2.24) is 0 Å². The van der Waals surface area contributed by atoms with Gasteiger partial charge in [0.15, 0.2) is 0 Å². The highest BCUT2D eigenvalue weighted by atomic mass is 35.5. The number of carbonyl (C=O) groups excluding carboxylic acids is 1. The Labute approximate surface area is 129 Å². The molecule has 0 aliphatic carbocycles. The quantitative estimate of drug-likeness (QED) is 0.758. The van der Waals surface area contributed by atoms with Crippen LogP contribution in [0.1, 0.15) is 20.3 Å². The molecule has 0 spiro atoms. The van der Waals surface area contributed by atoms with Crippen molar-refractivity contribution in [2.75, 3.05) is 19.0 Å². The topological polar surface area (TPSA) is 64.3 Å². The van der Waals surface area contributed by atoms with Crippen LogP contribution in [0.3, 0.4) is 0 Å². The third-order valence-corrected chi connectivity index (χ3v) is 3.90. The number of amides is 1. The van der Waals surface area contributed by atoms with E-state index in [4.69, 9.17) is 22.1 Å². The van der Waals surface area contributed by atoms with E-state index in [1.165, 1.54) is 0 Å². The second-order valence-electron chi connectivity index (χ2n) is 4.65. The monoisotopic (exact) mass is 316 g/mol. The second-order valence-corrected chi connectivity index (χ2v) is 6.71. The van der Waals surface area contributed by atoms with Gasteiger partial charge in [-0.1, -0.05) is 25.4 Å².